The summed E-state index contributed by atoms with van der Waals surface area (Å²) < 4.78 is 26.1. The zero-order valence-corrected chi connectivity index (χ0v) is 12.0. The smallest absolute Gasteiger partial charge is 0.244 e. The number of aromatic nitrogens is 1. The molecule has 0 spiro atoms. The van der Waals surface area contributed by atoms with E-state index in [0.29, 0.717) is 10.7 Å². The highest BCUT2D eigenvalue weighted by molar-refractivity contribution is 7.90. The van der Waals surface area contributed by atoms with Gasteiger partial charge in [0.25, 0.3) is 10.0 Å². The number of benzene rings is 1. The van der Waals surface area contributed by atoms with Crippen LogP contribution < -0.4 is 0 Å². The third-order valence-corrected chi connectivity index (χ3v) is 5.19. The summed E-state index contributed by atoms with van der Waals surface area (Å²) in [6.07, 6.45) is 1.45. The Labute approximate surface area is 112 Å². The highest BCUT2D eigenvalue weighted by Gasteiger charge is 2.20. The molecule has 1 aromatic carbocycles. The van der Waals surface area contributed by atoms with Crippen LogP contribution in [-0.2, 0) is 10.0 Å². The van der Waals surface area contributed by atoms with Crippen LogP contribution in [0.25, 0.3) is 0 Å². The van der Waals surface area contributed by atoms with Crippen LogP contribution in [0, 0.1) is 20.8 Å². The molecule has 0 saturated heterocycles. The van der Waals surface area contributed by atoms with E-state index in [1.807, 2.05) is 6.92 Å². The molecule has 1 heterocycles. The Morgan fingerprint density at radius 3 is 2.06 bits per heavy atom. The molecule has 18 heavy (non-hydrogen) atoms. The summed E-state index contributed by atoms with van der Waals surface area (Å²) in [6.45, 7) is 5.46. The van der Waals surface area contributed by atoms with Gasteiger partial charge in [-0.15, -0.1) is 0 Å². The predicted molar refractivity (Wildman–Crippen MR) is 72.7 cm³/mol. The van der Waals surface area contributed by atoms with Gasteiger partial charge in [-0.3, -0.25) is 0 Å². The Hall–Kier alpha value is -1.26. The van der Waals surface area contributed by atoms with E-state index in [-0.39, 0.29) is 4.90 Å². The summed E-state index contributed by atoms with van der Waals surface area (Å²) in [5, 5.41) is 0.461. The van der Waals surface area contributed by atoms with E-state index < -0.39 is 10.0 Å². The van der Waals surface area contributed by atoms with E-state index in [4.69, 9.17) is 11.6 Å². The van der Waals surface area contributed by atoms with Crippen LogP contribution in [0.3, 0.4) is 0 Å². The maximum Gasteiger partial charge on any atom is 0.267 e. The predicted octanol–water partition coefficient (Wildman–Crippen LogP) is 3.30. The van der Waals surface area contributed by atoms with Gasteiger partial charge in [0.05, 0.1) is 9.92 Å². The Balaban J connectivity index is 2.61. The number of nitrogens with zero attached hydrogens (tertiary/aromatic N) is 1. The lowest BCUT2D eigenvalue weighted by Crippen LogP contribution is -2.13. The second-order valence-electron chi connectivity index (χ2n) is 4.30. The molecule has 2 rings (SSSR count). The van der Waals surface area contributed by atoms with Crippen molar-refractivity contribution < 1.29 is 8.42 Å². The van der Waals surface area contributed by atoms with E-state index in [1.165, 1.54) is 10.2 Å². The molecule has 2 aromatic rings. The van der Waals surface area contributed by atoms with Gasteiger partial charge in [-0.25, -0.2) is 12.4 Å². The Morgan fingerprint density at radius 2 is 1.61 bits per heavy atom. The van der Waals surface area contributed by atoms with Crippen LogP contribution in [0.4, 0.5) is 0 Å². The molecule has 0 atom stereocenters. The molecule has 0 aliphatic heterocycles. The lowest BCUT2D eigenvalue weighted by Gasteiger charge is -2.08. The minimum Gasteiger partial charge on any atom is -0.244 e. The van der Waals surface area contributed by atoms with Crippen molar-refractivity contribution in [2.75, 3.05) is 0 Å². The second-order valence-corrected chi connectivity index (χ2v) is 6.52. The van der Waals surface area contributed by atoms with Gasteiger partial charge >= 0.3 is 0 Å². The molecule has 0 saturated carbocycles. The fourth-order valence-electron chi connectivity index (χ4n) is 1.71. The molecule has 0 radical (unpaired) electrons. The van der Waals surface area contributed by atoms with E-state index in [2.05, 4.69) is 0 Å². The number of hydrogen-bond donors (Lipinski definition) is 0. The van der Waals surface area contributed by atoms with Crippen molar-refractivity contribution in [3.63, 3.8) is 0 Å². The number of hydrogen-bond acceptors (Lipinski definition) is 2. The molecular weight excluding hydrogens is 270 g/mol. The molecule has 0 unspecified atom stereocenters. The van der Waals surface area contributed by atoms with Crippen LogP contribution in [0.1, 0.15) is 16.8 Å². The molecule has 5 heteroatoms. The zero-order valence-electron chi connectivity index (χ0n) is 10.4. The van der Waals surface area contributed by atoms with E-state index in [1.54, 1.807) is 38.1 Å². The average molecular weight is 284 g/mol. The number of halogens is 1. The van der Waals surface area contributed by atoms with E-state index in [0.717, 1.165) is 11.1 Å². The molecule has 0 fully saturated rings. The van der Waals surface area contributed by atoms with E-state index >= 15 is 0 Å². The second kappa shape index (κ2) is 4.44. The quantitative estimate of drug-likeness (QED) is 0.848. The number of rotatable bonds is 2. The van der Waals surface area contributed by atoms with Gasteiger partial charge in [-0.2, -0.15) is 0 Å². The normalized spacial score (nSPS) is 11.8. The van der Waals surface area contributed by atoms with Gasteiger partial charge in [-0.1, -0.05) is 29.3 Å². The minimum atomic E-state index is -3.56. The summed E-state index contributed by atoms with van der Waals surface area (Å²) in [4.78, 5) is 0.267. The lowest BCUT2D eigenvalue weighted by atomic mass is 10.2. The van der Waals surface area contributed by atoms with Crippen molar-refractivity contribution in [2.24, 2.45) is 0 Å². The first-order valence-electron chi connectivity index (χ1n) is 5.50. The SMILES string of the molecule is Cc1ccc(S(=O)(=O)n2cc(Cl)c(C)c2C)cc1. The maximum absolute atomic E-state index is 12.4. The van der Waals surface area contributed by atoms with Gasteiger partial charge in [0.2, 0.25) is 0 Å². The highest BCUT2D eigenvalue weighted by atomic mass is 35.5. The van der Waals surface area contributed by atoms with E-state index in [9.17, 15) is 8.42 Å². The zero-order chi connectivity index (χ0) is 13.5. The third kappa shape index (κ3) is 2.06. The summed E-state index contributed by atoms with van der Waals surface area (Å²) >= 11 is 5.97. The summed E-state index contributed by atoms with van der Waals surface area (Å²) in [6, 6.07) is 6.76. The fourth-order valence-corrected chi connectivity index (χ4v) is 3.45. The standard InChI is InChI=1S/C13H14ClNO2S/c1-9-4-6-12(7-5-9)18(16,17)15-8-13(14)10(2)11(15)3/h4-8H,1-3H3. The van der Waals surface area contributed by atoms with Gasteiger partial charge in [-0.05, 0) is 38.5 Å². The van der Waals surface area contributed by atoms with Crippen LogP contribution >= 0.6 is 11.6 Å². The third-order valence-electron chi connectivity index (χ3n) is 3.04. The topological polar surface area (TPSA) is 39.1 Å². The first kappa shape index (κ1) is 13.2. The van der Waals surface area contributed by atoms with Gasteiger partial charge < -0.3 is 0 Å². The molecule has 0 amide bonds. The van der Waals surface area contributed by atoms with Crippen molar-refractivity contribution in [3.8, 4) is 0 Å². The van der Waals surface area contributed by atoms with Crippen molar-refractivity contribution in [3.05, 3.63) is 52.3 Å². The molecule has 1 aromatic heterocycles. The fraction of sp³-hybridized carbons (Fsp3) is 0.231. The first-order chi connectivity index (χ1) is 8.34. The average Bonchev–Trinajstić information content (AvgIpc) is 2.58. The Kier molecular flexibility index (Phi) is 3.25. The maximum atomic E-state index is 12.4. The summed E-state index contributed by atoms with van der Waals surface area (Å²) in [7, 11) is -3.56. The Bertz CT molecular complexity index is 685. The molecule has 0 aliphatic carbocycles. The molecule has 3 nitrogen and oxygen atoms in total. The van der Waals surface area contributed by atoms with Crippen molar-refractivity contribution >= 4 is 21.6 Å². The van der Waals surface area contributed by atoms with Crippen molar-refractivity contribution in [1.82, 2.24) is 3.97 Å². The Morgan fingerprint density at radius 1 is 1.06 bits per heavy atom. The van der Waals surface area contributed by atoms with Gasteiger partial charge in [0, 0.05) is 11.9 Å². The highest BCUT2D eigenvalue weighted by Crippen LogP contribution is 2.25. The van der Waals surface area contributed by atoms with Crippen molar-refractivity contribution in [2.45, 2.75) is 25.7 Å². The molecule has 0 bridgehead atoms. The minimum absolute atomic E-state index is 0.267. The molecule has 0 aliphatic rings. The monoisotopic (exact) mass is 283 g/mol. The molecule has 96 valence electrons. The first-order valence-corrected chi connectivity index (χ1v) is 7.32. The van der Waals surface area contributed by atoms with Crippen LogP contribution in [0.2, 0.25) is 5.02 Å². The summed E-state index contributed by atoms with van der Waals surface area (Å²) in [5.41, 5.74) is 2.44. The largest absolute Gasteiger partial charge is 0.267 e. The summed E-state index contributed by atoms with van der Waals surface area (Å²) in [5.74, 6) is 0. The molecular formula is C13H14ClNO2S. The lowest BCUT2D eigenvalue weighted by molar-refractivity contribution is 0.586. The number of aryl methyl sites for hydroxylation is 1. The van der Waals surface area contributed by atoms with Crippen LogP contribution in [0.15, 0.2) is 35.4 Å². The van der Waals surface area contributed by atoms with Crippen LogP contribution in [-0.4, -0.2) is 12.4 Å². The van der Waals surface area contributed by atoms with Gasteiger partial charge in [0.1, 0.15) is 0 Å². The van der Waals surface area contributed by atoms with Crippen molar-refractivity contribution in [1.29, 1.82) is 0 Å². The van der Waals surface area contributed by atoms with Crippen LogP contribution in [0.5, 0.6) is 0 Å². The van der Waals surface area contributed by atoms with Gasteiger partial charge in [0.15, 0.2) is 0 Å². The molecule has 0 N–H and O–H groups in total.